The first kappa shape index (κ1) is 15.6. The highest BCUT2D eigenvalue weighted by atomic mass is 32.1. The molecule has 2 heterocycles. The number of rotatable bonds is 4. The Bertz CT molecular complexity index is 561. The molecule has 21 heavy (non-hydrogen) atoms. The van der Waals surface area contributed by atoms with Crippen molar-refractivity contribution in [3.05, 3.63) is 10.4 Å². The number of nitrogens with two attached hydrogens (primary N) is 3. The van der Waals surface area contributed by atoms with Gasteiger partial charge < -0.3 is 27.0 Å². The standard InChI is InChI=1S/C13H21N5O2S/c1-17(2)7-3-5-18(6-4-7)13-8(11(15)19)9(14)10(21-13)12(16)20/h7H,3-6,14H2,1-2H3,(H2,15,19)(H2,16,20). The van der Waals surface area contributed by atoms with Crippen molar-refractivity contribution in [2.45, 2.75) is 18.9 Å². The third-order valence-corrected chi connectivity index (χ3v) is 5.16. The largest absolute Gasteiger partial charge is 0.397 e. The van der Waals surface area contributed by atoms with Crippen LogP contribution in [0.15, 0.2) is 0 Å². The molecule has 0 saturated carbocycles. The van der Waals surface area contributed by atoms with E-state index >= 15 is 0 Å². The van der Waals surface area contributed by atoms with Gasteiger partial charge in [0.1, 0.15) is 9.88 Å². The Morgan fingerprint density at radius 3 is 2.19 bits per heavy atom. The lowest BCUT2D eigenvalue weighted by Gasteiger charge is -2.36. The molecule has 1 aliphatic heterocycles. The van der Waals surface area contributed by atoms with Crippen LogP contribution >= 0.6 is 11.3 Å². The van der Waals surface area contributed by atoms with Crippen molar-refractivity contribution in [3.63, 3.8) is 0 Å². The van der Waals surface area contributed by atoms with Gasteiger partial charge in [0.25, 0.3) is 11.8 Å². The number of nitrogen functional groups attached to an aromatic ring is 1. The highest BCUT2D eigenvalue weighted by Gasteiger charge is 2.29. The van der Waals surface area contributed by atoms with E-state index in [1.54, 1.807) is 0 Å². The molecule has 1 aromatic heterocycles. The summed E-state index contributed by atoms with van der Waals surface area (Å²) in [5, 5.41) is 0.658. The van der Waals surface area contributed by atoms with E-state index in [1.165, 1.54) is 0 Å². The van der Waals surface area contributed by atoms with Gasteiger partial charge in [0.2, 0.25) is 0 Å². The molecule has 7 nitrogen and oxygen atoms in total. The Kier molecular flexibility index (Phi) is 4.38. The van der Waals surface area contributed by atoms with Crippen LogP contribution in [-0.2, 0) is 0 Å². The van der Waals surface area contributed by atoms with E-state index < -0.39 is 11.8 Å². The zero-order valence-electron chi connectivity index (χ0n) is 12.3. The van der Waals surface area contributed by atoms with Crippen LogP contribution in [0.1, 0.15) is 32.9 Å². The minimum Gasteiger partial charge on any atom is -0.397 e. The van der Waals surface area contributed by atoms with E-state index in [0.717, 1.165) is 37.3 Å². The maximum absolute atomic E-state index is 11.7. The lowest BCUT2D eigenvalue weighted by molar-refractivity contribution is 0.0999. The topological polar surface area (TPSA) is 119 Å². The Balaban J connectivity index is 2.30. The zero-order chi connectivity index (χ0) is 15.7. The highest BCUT2D eigenvalue weighted by molar-refractivity contribution is 7.19. The number of piperidine rings is 1. The second-order valence-electron chi connectivity index (χ2n) is 5.44. The number of primary amides is 2. The average molecular weight is 311 g/mol. The van der Waals surface area contributed by atoms with Gasteiger partial charge in [0.05, 0.1) is 11.3 Å². The summed E-state index contributed by atoms with van der Waals surface area (Å²) in [5.41, 5.74) is 16.9. The molecule has 2 rings (SSSR count). The van der Waals surface area contributed by atoms with E-state index in [2.05, 4.69) is 23.9 Å². The summed E-state index contributed by atoms with van der Waals surface area (Å²) in [5.74, 6) is -1.25. The van der Waals surface area contributed by atoms with Gasteiger partial charge in [-0.25, -0.2) is 0 Å². The van der Waals surface area contributed by atoms with E-state index in [0.29, 0.717) is 11.0 Å². The summed E-state index contributed by atoms with van der Waals surface area (Å²) in [7, 11) is 4.12. The van der Waals surface area contributed by atoms with Crippen LogP contribution in [0.3, 0.4) is 0 Å². The van der Waals surface area contributed by atoms with Crippen LogP contribution in [0, 0.1) is 0 Å². The molecule has 1 fully saturated rings. The predicted octanol–water partition coefficient (Wildman–Crippen LogP) is 0.0585. The maximum atomic E-state index is 11.7. The van der Waals surface area contributed by atoms with Gasteiger partial charge >= 0.3 is 0 Å². The van der Waals surface area contributed by atoms with Crippen LogP contribution in [0.25, 0.3) is 0 Å². The first-order valence-electron chi connectivity index (χ1n) is 6.76. The molecule has 1 aliphatic rings. The molecule has 0 atom stereocenters. The number of carbonyl (C=O) groups is 2. The summed E-state index contributed by atoms with van der Waals surface area (Å²) in [4.78, 5) is 27.5. The predicted molar refractivity (Wildman–Crippen MR) is 84.7 cm³/mol. The summed E-state index contributed by atoms with van der Waals surface area (Å²) >= 11 is 1.15. The van der Waals surface area contributed by atoms with Crippen LogP contribution in [0.2, 0.25) is 0 Å². The van der Waals surface area contributed by atoms with E-state index in [-0.39, 0.29) is 16.1 Å². The lowest BCUT2D eigenvalue weighted by Crippen LogP contribution is -2.42. The maximum Gasteiger partial charge on any atom is 0.260 e. The van der Waals surface area contributed by atoms with E-state index in [1.807, 2.05) is 0 Å². The Morgan fingerprint density at radius 1 is 1.19 bits per heavy atom. The molecule has 0 bridgehead atoms. The molecule has 8 heteroatoms. The second kappa shape index (κ2) is 5.90. The summed E-state index contributed by atoms with van der Waals surface area (Å²) in [6.45, 7) is 1.59. The molecule has 0 spiro atoms. The fourth-order valence-corrected chi connectivity index (χ4v) is 3.79. The van der Waals surface area contributed by atoms with Crippen molar-refractivity contribution < 1.29 is 9.59 Å². The van der Waals surface area contributed by atoms with Crippen LogP contribution in [-0.4, -0.2) is 49.9 Å². The Labute approximate surface area is 127 Å². The highest BCUT2D eigenvalue weighted by Crippen LogP contribution is 2.39. The van der Waals surface area contributed by atoms with Gasteiger partial charge in [-0.05, 0) is 26.9 Å². The summed E-state index contributed by atoms with van der Waals surface area (Å²) < 4.78 is 0. The van der Waals surface area contributed by atoms with Crippen LogP contribution in [0.5, 0.6) is 0 Å². The fourth-order valence-electron chi connectivity index (χ4n) is 2.66. The van der Waals surface area contributed by atoms with Crippen LogP contribution in [0.4, 0.5) is 10.7 Å². The summed E-state index contributed by atoms with van der Waals surface area (Å²) in [6, 6.07) is 0.520. The molecular weight excluding hydrogens is 290 g/mol. The average Bonchev–Trinajstić information content (AvgIpc) is 2.76. The van der Waals surface area contributed by atoms with E-state index in [4.69, 9.17) is 17.2 Å². The molecule has 0 unspecified atom stereocenters. The van der Waals surface area contributed by atoms with Crippen molar-refractivity contribution in [2.24, 2.45) is 11.5 Å². The quantitative estimate of drug-likeness (QED) is 0.726. The molecule has 0 aliphatic carbocycles. The smallest absolute Gasteiger partial charge is 0.260 e. The minimum absolute atomic E-state index is 0.102. The van der Waals surface area contributed by atoms with E-state index in [9.17, 15) is 9.59 Å². The van der Waals surface area contributed by atoms with Crippen molar-refractivity contribution in [3.8, 4) is 0 Å². The van der Waals surface area contributed by atoms with Gasteiger partial charge in [0.15, 0.2) is 0 Å². The molecule has 0 radical (unpaired) electrons. The van der Waals surface area contributed by atoms with Gasteiger partial charge in [-0.3, -0.25) is 9.59 Å². The number of thiophene rings is 1. The summed E-state index contributed by atoms with van der Waals surface area (Å²) in [6.07, 6.45) is 1.96. The second-order valence-corrected chi connectivity index (χ2v) is 6.43. The molecule has 2 amide bonds. The Morgan fingerprint density at radius 2 is 1.76 bits per heavy atom. The van der Waals surface area contributed by atoms with Gasteiger partial charge in [-0.1, -0.05) is 0 Å². The van der Waals surface area contributed by atoms with Gasteiger partial charge in [-0.2, -0.15) is 0 Å². The SMILES string of the molecule is CN(C)C1CCN(c2sc(C(N)=O)c(N)c2C(N)=O)CC1. The van der Waals surface area contributed by atoms with Crippen molar-refractivity contribution in [1.29, 1.82) is 0 Å². The molecule has 116 valence electrons. The number of carbonyl (C=O) groups excluding carboxylic acids is 2. The molecule has 6 N–H and O–H groups in total. The first-order valence-corrected chi connectivity index (χ1v) is 7.57. The monoisotopic (exact) mass is 311 g/mol. The normalized spacial score (nSPS) is 16.4. The number of nitrogens with zero attached hydrogens (tertiary/aromatic N) is 2. The van der Waals surface area contributed by atoms with Crippen molar-refractivity contribution in [1.82, 2.24) is 4.90 Å². The molecule has 1 saturated heterocycles. The number of amides is 2. The molecular formula is C13H21N5O2S. The lowest BCUT2D eigenvalue weighted by atomic mass is 10.0. The van der Waals surface area contributed by atoms with Gasteiger partial charge in [-0.15, -0.1) is 11.3 Å². The third kappa shape index (κ3) is 2.96. The third-order valence-electron chi connectivity index (χ3n) is 3.88. The van der Waals surface area contributed by atoms with Crippen molar-refractivity contribution >= 4 is 33.8 Å². The molecule has 1 aromatic rings. The van der Waals surface area contributed by atoms with Crippen LogP contribution < -0.4 is 22.1 Å². The van der Waals surface area contributed by atoms with Gasteiger partial charge in [0, 0.05) is 19.1 Å². The van der Waals surface area contributed by atoms with Crippen molar-refractivity contribution in [2.75, 3.05) is 37.8 Å². The molecule has 0 aromatic carbocycles. The number of anilines is 2. The fraction of sp³-hybridized carbons (Fsp3) is 0.538. The zero-order valence-corrected chi connectivity index (χ0v) is 13.1. The first-order chi connectivity index (χ1) is 9.82. The Hall–Kier alpha value is -1.80. The minimum atomic E-state index is -0.630. The number of hydrogen-bond acceptors (Lipinski definition) is 6. The number of hydrogen-bond donors (Lipinski definition) is 3.